The number of aromatic carboxylic acids is 1. The Morgan fingerprint density at radius 2 is 1.84 bits per heavy atom. The summed E-state index contributed by atoms with van der Waals surface area (Å²) in [7, 11) is 2.17. The van der Waals surface area contributed by atoms with Gasteiger partial charge in [0.1, 0.15) is 0 Å². The molecule has 3 rings (SSSR count). The smallest absolute Gasteiger partial charge is 0.335 e. The maximum Gasteiger partial charge on any atom is 0.335 e. The number of nitrogens with zero attached hydrogens (tertiary/aromatic N) is 3. The molecule has 0 radical (unpaired) electrons. The summed E-state index contributed by atoms with van der Waals surface area (Å²) >= 11 is 0. The number of carboxylic acids is 1. The molecular weight excluding hydrogens is 314 g/mol. The van der Waals surface area contributed by atoms with Crippen LogP contribution in [0.15, 0.2) is 48.8 Å². The monoisotopic (exact) mass is 339 g/mol. The summed E-state index contributed by atoms with van der Waals surface area (Å²) in [6, 6.07) is 11.9. The number of hydrogen-bond acceptors (Lipinski definition) is 4. The normalized spacial score (nSPS) is 16.2. The summed E-state index contributed by atoms with van der Waals surface area (Å²) in [6.45, 7) is 3.92. The van der Waals surface area contributed by atoms with Crippen molar-refractivity contribution in [3.8, 4) is 0 Å². The molecule has 0 unspecified atom stereocenters. The highest BCUT2D eigenvalue weighted by atomic mass is 16.4. The molecule has 0 spiro atoms. The lowest BCUT2D eigenvalue weighted by Gasteiger charge is -2.37. The van der Waals surface area contributed by atoms with Gasteiger partial charge < -0.3 is 10.0 Å². The lowest BCUT2D eigenvalue weighted by Crippen LogP contribution is -2.43. The summed E-state index contributed by atoms with van der Waals surface area (Å²) in [6.07, 6.45) is 6.04. The molecule has 0 aliphatic carbocycles. The van der Waals surface area contributed by atoms with Gasteiger partial charge in [0.25, 0.3) is 0 Å². The summed E-state index contributed by atoms with van der Waals surface area (Å²) in [5, 5.41) is 9.06. The molecule has 0 saturated carbocycles. The zero-order chi connectivity index (χ0) is 17.6. The SMILES string of the molecule is CN1CCC(N(Cc2ccc(C(=O)O)cc2)Cc2cccnc2)CC1. The molecule has 1 aromatic carbocycles. The van der Waals surface area contributed by atoms with Crippen LogP contribution in [0.2, 0.25) is 0 Å². The molecule has 25 heavy (non-hydrogen) atoms. The van der Waals surface area contributed by atoms with Crippen molar-refractivity contribution in [3.63, 3.8) is 0 Å². The zero-order valence-corrected chi connectivity index (χ0v) is 14.6. The van der Waals surface area contributed by atoms with Crippen LogP contribution in [0.3, 0.4) is 0 Å². The molecule has 1 N–H and O–H groups in total. The minimum atomic E-state index is -0.880. The third-order valence-electron chi connectivity index (χ3n) is 4.90. The number of carbonyl (C=O) groups is 1. The van der Waals surface area contributed by atoms with Gasteiger partial charge >= 0.3 is 5.97 Å². The summed E-state index contributed by atoms with van der Waals surface area (Å²) in [5.41, 5.74) is 2.69. The van der Waals surface area contributed by atoms with Crippen molar-refractivity contribution in [1.29, 1.82) is 0 Å². The summed E-state index contributed by atoms with van der Waals surface area (Å²) in [5.74, 6) is -0.880. The molecule has 2 heterocycles. The Kier molecular flexibility index (Phi) is 5.79. The van der Waals surface area contributed by atoms with E-state index in [0.29, 0.717) is 11.6 Å². The number of likely N-dealkylation sites (tertiary alicyclic amines) is 1. The van der Waals surface area contributed by atoms with E-state index in [9.17, 15) is 4.79 Å². The van der Waals surface area contributed by atoms with Crippen LogP contribution in [-0.4, -0.2) is 52.0 Å². The predicted molar refractivity (Wildman–Crippen MR) is 97.4 cm³/mol. The minimum absolute atomic E-state index is 0.335. The van der Waals surface area contributed by atoms with Crippen molar-refractivity contribution in [2.24, 2.45) is 0 Å². The molecule has 5 heteroatoms. The van der Waals surface area contributed by atoms with Gasteiger partial charge in [-0.2, -0.15) is 0 Å². The first kappa shape index (κ1) is 17.6. The fraction of sp³-hybridized carbons (Fsp3) is 0.400. The maximum absolute atomic E-state index is 11.0. The van der Waals surface area contributed by atoms with Crippen LogP contribution in [0.25, 0.3) is 0 Å². The van der Waals surface area contributed by atoms with Gasteiger partial charge in [0.05, 0.1) is 5.56 Å². The Balaban J connectivity index is 1.74. The molecular formula is C20H25N3O2. The van der Waals surface area contributed by atoms with Crippen molar-refractivity contribution in [3.05, 3.63) is 65.5 Å². The second kappa shape index (κ2) is 8.23. The molecule has 5 nitrogen and oxygen atoms in total. The van der Waals surface area contributed by atoms with E-state index >= 15 is 0 Å². The first-order valence-electron chi connectivity index (χ1n) is 8.75. The predicted octanol–water partition coefficient (Wildman–Crippen LogP) is 2.88. The van der Waals surface area contributed by atoms with E-state index in [-0.39, 0.29) is 0 Å². The lowest BCUT2D eigenvalue weighted by molar-refractivity contribution is 0.0697. The second-order valence-corrected chi connectivity index (χ2v) is 6.80. The molecule has 1 aliphatic rings. The van der Waals surface area contributed by atoms with Crippen molar-refractivity contribution in [2.75, 3.05) is 20.1 Å². The van der Waals surface area contributed by atoms with Gasteiger partial charge in [-0.25, -0.2) is 4.79 Å². The van der Waals surface area contributed by atoms with E-state index in [2.05, 4.69) is 27.9 Å². The Labute approximate surface area is 148 Å². The Morgan fingerprint density at radius 1 is 1.16 bits per heavy atom. The minimum Gasteiger partial charge on any atom is -0.478 e. The van der Waals surface area contributed by atoms with E-state index < -0.39 is 5.97 Å². The maximum atomic E-state index is 11.0. The number of benzene rings is 1. The van der Waals surface area contributed by atoms with Crippen LogP contribution in [0.4, 0.5) is 0 Å². The molecule has 0 atom stereocenters. The van der Waals surface area contributed by atoms with Crippen LogP contribution in [0, 0.1) is 0 Å². The van der Waals surface area contributed by atoms with Crippen LogP contribution < -0.4 is 0 Å². The van der Waals surface area contributed by atoms with Crippen molar-refractivity contribution in [2.45, 2.75) is 32.0 Å². The molecule has 1 aliphatic heterocycles. The van der Waals surface area contributed by atoms with E-state index in [1.807, 2.05) is 24.4 Å². The van der Waals surface area contributed by atoms with Crippen molar-refractivity contribution < 1.29 is 9.90 Å². The highest BCUT2D eigenvalue weighted by molar-refractivity contribution is 5.87. The molecule has 2 aromatic rings. The number of aromatic nitrogens is 1. The molecule has 0 amide bonds. The molecule has 1 aromatic heterocycles. The second-order valence-electron chi connectivity index (χ2n) is 6.80. The average Bonchev–Trinajstić information content (AvgIpc) is 2.63. The Bertz CT molecular complexity index is 680. The van der Waals surface area contributed by atoms with Gasteiger partial charge in [-0.3, -0.25) is 9.88 Å². The average molecular weight is 339 g/mol. The van der Waals surface area contributed by atoms with Gasteiger partial charge in [-0.1, -0.05) is 18.2 Å². The standard InChI is InChI=1S/C20H25N3O2/c1-22-11-8-19(9-12-22)23(15-17-3-2-10-21-13-17)14-16-4-6-18(7-5-16)20(24)25/h2-7,10,13,19H,8-9,11-12,14-15H2,1H3,(H,24,25). The highest BCUT2D eigenvalue weighted by Gasteiger charge is 2.23. The first-order valence-corrected chi connectivity index (χ1v) is 8.75. The quantitative estimate of drug-likeness (QED) is 0.877. The van der Waals surface area contributed by atoms with E-state index in [1.165, 1.54) is 5.56 Å². The Hall–Kier alpha value is -2.24. The number of hydrogen-bond donors (Lipinski definition) is 1. The molecule has 1 saturated heterocycles. The number of rotatable bonds is 6. The topological polar surface area (TPSA) is 56.7 Å². The third kappa shape index (κ3) is 4.87. The van der Waals surface area contributed by atoms with E-state index in [1.54, 1.807) is 18.3 Å². The van der Waals surface area contributed by atoms with Gasteiger partial charge in [0.2, 0.25) is 0 Å². The van der Waals surface area contributed by atoms with Gasteiger partial charge in [-0.05, 0) is 62.3 Å². The first-order chi connectivity index (χ1) is 12.1. The van der Waals surface area contributed by atoms with Gasteiger partial charge in [-0.15, -0.1) is 0 Å². The summed E-state index contributed by atoms with van der Waals surface area (Å²) < 4.78 is 0. The van der Waals surface area contributed by atoms with Crippen LogP contribution in [0.1, 0.15) is 34.3 Å². The van der Waals surface area contributed by atoms with Crippen molar-refractivity contribution in [1.82, 2.24) is 14.8 Å². The molecule has 0 bridgehead atoms. The van der Waals surface area contributed by atoms with Crippen LogP contribution >= 0.6 is 0 Å². The number of carboxylic acid groups (broad SMARTS) is 1. The summed E-state index contributed by atoms with van der Waals surface area (Å²) in [4.78, 5) is 20.1. The fourth-order valence-electron chi connectivity index (χ4n) is 3.39. The lowest BCUT2D eigenvalue weighted by atomic mass is 10.0. The third-order valence-corrected chi connectivity index (χ3v) is 4.90. The fourth-order valence-corrected chi connectivity index (χ4v) is 3.39. The van der Waals surface area contributed by atoms with Gasteiger partial charge in [0, 0.05) is 31.5 Å². The molecule has 1 fully saturated rings. The highest BCUT2D eigenvalue weighted by Crippen LogP contribution is 2.21. The van der Waals surface area contributed by atoms with E-state index in [4.69, 9.17) is 5.11 Å². The molecule has 132 valence electrons. The number of pyridine rings is 1. The number of piperidine rings is 1. The van der Waals surface area contributed by atoms with Crippen LogP contribution in [0.5, 0.6) is 0 Å². The van der Waals surface area contributed by atoms with Crippen molar-refractivity contribution >= 4 is 5.97 Å². The van der Waals surface area contributed by atoms with Crippen LogP contribution in [-0.2, 0) is 13.1 Å². The zero-order valence-electron chi connectivity index (χ0n) is 14.6. The Morgan fingerprint density at radius 3 is 2.44 bits per heavy atom. The van der Waals surface area contributed by atoms with E-state index in [0.717, 1.165) is 44.6 Å². The largest absolute Gasteiger partial charge is 0.478 e. The van der Waals surface area contributed by atoms with Gasteiger partial charge in [0.15, 0.2) is 0 Å².